The second kappa shape index (κ2) is 8.77. The molecule has 1 aromatic rings. The molecule has 6 nitrogen and oxygen atoms in total. The predicted molar refractivity (Wildman–Crippen MR) is 118 cm³/mol. The van der Waals surface area contributed by atoms with Crippen LogP contribution in [0.5, 0.6) is 0 Å². The van der Waals surface area contributed by atoms with Gasteiger partial charge in [0.25, 0.3) is 0 Å². The maximum absolute atomic E-state index is 13.7. The van der Waals surface area contributed by atoms with Gasteiger partial charge in [-0.25, -0.2) is 8.42 Å². The lowest BCUT2D eigenvalue weighted by Crippen LogP contribution is -2.54. The highest BCUT2D eigenvalue weighted by Gasteiger charge is 2.57. The molecule has 166 valence electrons. The zero-order chi connectivity index (χ0) is 21.4. The van der Waals surface area contributed by atoms with Crippen molar-refractivity contribution in [2.45, 2.75) is 68.8 Å². The number of amides is 1. The van der Waals surface area contributed by atoms with Gasteiger partial charge in [0.2, 0.25) is 15.9 Å². The molecule has 0 spiro atoms. The fraction of sp³-hybridized carbons (Fsp3) is 0.682. The number of rotatable bonds is 6. The molecular weight excluding hydrogens is 422 g/mol. The fourth-order valence-corrected chi connectivity index (χ4v) is 7.38. The van der Waals surface area contributed by atoms with Gasteiger partial charge < -0.3 is 10.2 Å². The lowest BCUT2D eigenvalue weighted by molar-refractivity contribution is -0.133. The Kier molecular flexibility index (Phi) is 6.45. The number of halogens is 1. The van der Waals surface area contributed by atoms with Gasteiger partial charge in [0.1, 0.15) is 0 Å². The molecule has 2 aliphatic heterocycles. The zero-order valence-corrected chi connectivity index (χ0v) is 19.2. The minimum Gasteiger partial charge on any atom is -0.340 e. The number of sulfonamides is 1. The molecule has 0 radical (unpaired) electrons. The van der Waals surface area contributed by atoms with Crippen LogP contribution in [0.2, 0.25) is 5.02 Å². The van der Waals surface area contributed by atoms with Gasteiger partial charge in [-0.1, -0.05) is 24.9 Å². The number of hydrogen-bond donors (Lipinski definition) is 1. The van der Waals surface area contributed by atoms with Crippen LogP contribution in [0, 0.1) is 5.41 Å². The Morgan fingerprint density at radius 2 is 1.83 bits per heavy atom. The van der Waals surface area contributed by atoms with Gasteiger partial charge in [0.05, 0.1) is 4.90 Å². The quantitative estimate of drug-likeness (QED) is 0.717. The smallest absolute Gasteiger partial charge is 0.243 e. The summed E-state index contributed by atoms with van der Waals surface area (Å²) in [5, 5.41) is 3.81. The number of piperazine rings is 1. The summed E-state index contributed by atoms with van der Waals surface area (Å²) in [6.45, 7) is 5.20. The Hall–Kier alpha value is -1.15. The van der Waals surface area contributed by atoms with Crippen molar-refractivity contribution in [2.75, 3.05) is 26.2 Å². The van der Waals surface area contributed by atoms with E-state index < -0.39 is 10.0 Å². The van der Waals surface area contributed by atoms with Crippen LogP contribution < -0.4 is 5.32 Å². The van der Waals surface area contributed by atoms with Crippen molar-refractivity contribution in [3.8, 4) is 0 Å². The summed E-state index contributed by atoms with van der Waals surface area (Å²) >= 11 is 5.99. The molecule has 2 atom stereocenters. The first-order valence-corrected chi connectivity index (χ1v) is 13.0. The normalized spacial score (nSPS) is 27.1. The first-order chi connectivity index (χ1) is 14.4. The summed E-state index contributed by atoms with van der Waals surface area (Å²) in [4.78, 5) is 15.3. The first-order valence-electron chi connectivity index (χ1n) is 11.1. The van der Waals surface area contributed by atoms with Crippen molar-refractivity contribution in [3.05, 3.63) is 29.3 Å². The molecule has 2 heterocycles. The van der Waals surface area contributed by atoms with Gasteiger partial charge in [-0.05, 0) is 61.8 Å². The highest BCUT2D eigenvalue weighted by Crippen LogP contribution is 2.57. The number of benzene rings is 1. The Bertz CT molecular complexity index is 864. The number of hydrogen-bond acceptors (Lipinski definition) is 4. The van der Waals surface area contributed by atoms with Gasteiger partial charge in [-0.15, -0.1) is 0 Å². The van der Waals surface area contributed by atoms with Crippen LogP contribution >= 0.6 is 11.6 Å². The highest BCUT2D eigenvalue weighted by molar-refractivity contribution is 7.89. The van der Waals surface area contributed by atoms with Gasteiger partial charge in [-0.3, -0.25) is 4.79 Å². The molecule has 30 heavy (non-hydrogen) atoms. The summed E-state index contributed by atoms with van der Waals surface area (Å²) in [5.74, 6) is 0.177. The SMILES string of the molecule is CC[C@@H]1CCC[C@H](C2(CC(=O)N3CCNCC3)CC2)N1S(=O)(=O)c1ccc(Cl)cc1. The van der Waals surface area contributed by atoms with Gasteiger partial charge in [-0.2, -0.15) is 4.31 Å². The zero-order valence-electron chi connectivity index (χ0n) is 17.6. The van der Waals surface area contributed by atoms with E-state index in [2.05, 4.69) is 12.2 Å². The number of carbonyl (C=O) groups is 1. The van der Waals surface area contributed by atoms with Crippen molar-refractivity contribution in [3.63, 3.8) is 0 Å². The van der Waals surface area contributed by atoms with Crippen molar-refractivity contribution >= 4 is 27.5 Å². The number of nitrogens with one attached hydrogen (secondary N) is 1. The van der Waals surface area contributed by atoms with Gasteiger partial charge in [0, 0.05) is 49.7 Å². The Labute approximate surface area is 185 Å². The number of nitrogens with zero attached hydrogens (tertiary/aromatic N) is 2. The Balaban J connectivity index is 1.61. The topological polar surface area (TPSA) is 69.7 Å². The second-order valence-corrected chi connectivity index (χ2v) is 11.2. The largest absolute Gasteiger partial charge is 0.340 e. The van der Waals surface area contributed by atoms with E-state index >= 15 is 0 Å². The van der Waals surface area contributed by atoms with Crippen molar-refractivity contribution < 1.29 is 13.2 Å². The van der Waals surface area contributed by atoms with E-state index in [4.69, 9.17) is 11.6 Å². The maximum Gasteiger partial charge on any atom is 0.243 e. The van der Waals surface area contributed by atoms with E-state index in [1.807, 2.05) is 4.90 Å². The second-order valence-electron chi connectivity index (χ2n) is 8.97. The van der Waals surface area contributed by atoms with Crippen LogP contribution in [0.1, 0.15) is 51.9 Å². The molecule has 0 unspecified atom stereocenters. The van der Waals surface area contributed by atoms with Crippen LogP contribution in [0.4, 0.5) is 0 Å². The van der Waals surface area contributed by atoms with Gasteiger partial charge in [0.15, 0.2) is 0 Å². The third kappa shape index (κ3) is 4.27. The molecular formula is C22H32ClN3O3S. The molecule has 2 saturated heterocycles. The lowest BCUT2D eigenvalue weighted by atomic mass is 9.83. The average molecular weight is 454 g/mol. The molecule has 4 rings (SSSR count). The average Bonchev–Trinajstić information content (AvgIpc) is 3.54. The van der Waals surface area contributed by atoms with Crippen LogP contribution in [0.15, 0.2) is 29.2 Å². The van der Waals surface area contributed by atoms with E-state index in [0.29, 0.717) is 16.3 Å². The summed E-state index contributed by atoms with van der Waals surface area (Å²) in [6, 6.07) is 6.34. The maximum atomic E-state index is 13.7. The number of piperidine rings is 1. The van der Waals surface area contributed by atoms with E-state index in [9.17, 15) is 13.2 Å². The highest BCUT2D eigenvalue weighted by atomic mass is 35.5. The molecule has 1 amide bonds. The van der Waals surface area contributed by atoms with Crippen LogP contribution in [0.3, 0.4) is 0 Å². The molecule has 0 aromatic heterocycles. The predicted octanol–water partition coefficient (Wildman–Crippen LogP) is 3.26. The summed E-state index contributed by atoms with van der Waals surface area (Å²) in [6.07, 6.45) is 5.82. The van der Waals surface area contributed by atoms with Crippen molar-refractivity contribution in [1.29, 1.82) is 0 Å². The van der Waals surface area contributed by atoms with E-state index in [0.717, 1.165) is 64.7 Å². The molecule has 1 N–H and O–H groups in total. The minimum absolute atomic E-state index is 0.0174. The van der Waals surface area contributed by atoms with E-state index in [-0.39, 0.29) is 23.4 Å². The van der Waals surface area contributed by atoms with Crippen LogP contribution in [-0.4, -0.2) is 61.8 Å². The van der Waals surface area contributed by atoms with Crippen LogP contribution in [0.25, 0.3) is 0 Å². The third-order valence-electron chi connectivity index (χ3n) is 7.11. The monoisotopic (exact) mass is 453 g/mol. The molecule has 0 bridgehead atoms. The van der Waals surface area contributed by atoms with Gasteiger partial charge >= 0.3 is 0 Å². The van der Waals surface area contributed by atoms with Crippen molar-refractivity contribution in [1.82, 2.24) is 14.5 Å². The minimum atomic E-state index is -3.65. The Morgan fingerprint density at radius 3 is 2.43 bits per heavy atom. The molecule has 1 aliphatic carbocycles. The number of carbonyl (C=O) groups excluding carboxylic acids is 1. The molecule has 8 heteroatoms. The molecule has 1 saturated carbocycles. The van der Waals surface area contributed by atoms with E-state index in [1.54, 1.807) is 28.6 Å². The third-order valence-corrected chi connectivity index (χ3v) is 9.34. The molecule has 3 aliphatic rings. The summed E-state index contributed by atoms with van der Waals surface area (Å²) in [7, 11) is -3.65. The standard InChI is InChI=1S/C22H32ClN3O3S/c1-2-18-4-3-5-20(26(18)30(28,29)19-8-6-17(23)7-9-19)22(10-11-22)16-21(27)25-14-12-24-13-15-25/h6-9,18,20,24H,2-5,10-16H2,1H3/t18-,20-/m1/s1. The molecule has 1 aromatic carbocycles. The fourth-order valence-electron chi connectivity index (χ4n) is 5.22. The summed E-state index contributed by atoms with van der Waals surface area (Å²) < 4.78 is 29.2. The first kappa shape index (κ1) is 22.1. The van der Waals surface area contributed by atoms with E-state index in [1.165, 1.54) is 0 Å². The molecule has 3 fully saturated rings. The van der Waals surface area contributed by atoms with Crippen LogP contribution in [-0.2, 0) is 14.8 Å². The van der Waals surface area contributed by atoms with Crippen molar-refractivity contribution in [2.24, 2.45) is 5.41 Å². The Morgan fingerprint density at radius 1 is 1.17 bits per heavy atom. The summed E-state index contributed by atoms with van der Waals surface area (Å²) in [5.41, 5.74) is -0.213. The lowest BCUT2D eigenvalue weighted by Gasteiger charge is -2.45.